The van der Waals surface area contributed by atoms with E-state index in [1.165, 1.54) is 12.7 Å². The maximum Gasteiger partial charge on any atom is 0.178 e. The lowest BCUT2D eigenvalue weighted by atomic mass is 9.34. The van der Waals surface area contributed by atoms with Crippen molar-refractivity contribution in [2.45, 2.75) is 93.4 Å². The van der Waals surface area contributed by atoms with Crippen molar-refractivity contribution >= 4 is 24.2 Å². The molecular formula is C33H46N4O2. The van der Waals surface area contributed by atoms with Gasteiger partial charge in [0.05, 0.1) is 18.3 Å². The standard InChI is InChI=1S/C33H46N4O2/c1-28(2)10-12-33(18-37(19-35)20-36)13-11-32(7)26(22(33)16-28)23(38)14-25-30(5)15-21(17-34)27(39)29(3,4)24(30)8-9-31(25,32)6/h14-15,19-20,22,24,26,35-36H,8-13,16,18H2,1-7H3/t22?,24?,26-,30-,31+,32+,33+/m0/s1. The molecule has 6 nitrogen and oxygen atoms in total. The monoisotopic (exact) mass is 530 g/mol. The second kappa shape index (κ2) is 8.48. The van der Waals surface area contributed by atoms with Gasteiger partial charge in [0.25, 0.3) is 0 Å². The molecule has 0 radical (unpaired) electrons. The van der Waals surface area contributed by atoms with E-state index >= 15 is 0 Å². The van der Waals surface area contributed by atoms with Gasteiger partial charge in [-0.15, -0.1) is 0 Å². The zero-order chi connectivity index (χ0) is 28.8. The van der Waals surface area contributed by atoms with Crippen LogP contribution >= 0.6 is 0 Å². The highest BCUT2D eigenvalue weighted by Crippen LogP contribution is 2.74. The zero-order valence-corrected chi connectivity index (χ0v) is 24.9. The van der Waals surface area contributed by atoms with Crippen LogP contribution in [0.2, 0.25) is 0 Å². The van der Waals surface area contributed by atoms with Crippen LogP contribution in [0.5, 0.6) is 0 Å². The molecular weight excluding hydrogens is 484 g/mol. The van der Waals surface area contributed by atoms with E-state index in [2.05, 4.69) is 40.7 Å². The zero-order valence-electron chi connectivity index (χ0n) is 24.9. The van der Waals surface area contributed by atoms with Gasteiger partial charge in [-0.05, 0) is 84.5 Å². The van der Waals surface area contributed by atoms with Gasteiger partial charge < -0.3 is 4.90 Å². The Labute approximate surface area is 234 Å². The largest absolute Gasteiger partial charge is 0.324 e. The third-order valence-corrected chi connectivity index (χ3v) is 12.9. The summed E-state index contributed by atoms with van der Waals surface area (Å²) in [5.74, 6) is 0.250. The molecule has 5 aliphatic carbocycles. The van der Waals surface area contributed by atoms with Crippen molar-refractivity contribution in [3.05, 3.63) is 23.3 Å². The Hall–Kier alpha value is -2.55. The molecule has 5 aliphatic rings. The lowest BCUT2D eigenvalue weighted by Crippen LogP contribution is -2.65. The van der Waals surface area contributed by atoms with Gasteiger partial charge in [0, 0.05) is 23.3 Å². The van der Waals surface area contributed by atoms with Crippen molar-refractivity contribution < 1.29 is 9.59 Å². The van der Waals surface area contributed by atoms with E-state index < -0.39 is 10.8 Å². The Bertz CT molecular complexity index is 1240. The van der Waals surface area contributed by atoms with Gasteiger partial charge in [0.2, 0.25) is 0 Å². The number of allylic oxidation sites excluding steroid dienone is 4. The maximum absolute atomic E-state index is 14.5. The van der Waals surface area contributed by atoms with Crippen molar-refractivity contribution in [3.63, 3.8) is 0 Å². The van der Waals surface area contributed by atoms with Crippen LogP contribution in [0.4, 0.5) is 0 Å². The van der Waals surface area contributed by atoms with Gasteiger partial charge in [-0.25, -0.2) is 0 Å². The summed E-state index contributed by atoms with van der Waals surface area (Å²) < 4.78 is 0. The summed E-state index contributed by atoms with van der Waals surface area (Å²) in [4.78, 5) is 29.5. The quantitative estimate of drug-likeness (QED) is 0.310. The van der Waals surface area contributed by atoms with E-state index in [0.29, 0.717) is 6.54 Å². The fourth-order valence-electron chi connectivity index (χ4n) is 10.5. The second-order valence-electron chi connectivity index (χ2n) is 15.5. The van der Waals surface area contributed by atoms with E-state index in [4.69, 9.17) is 10.8 Å². The van der Waals surface area contributed by atoms with Crippen LogP contribution in [0.1, 0.15) is 93.4 Å². The number of ketones is 2. The fraction of sp³-hybridized carbons (Fsp3) is 0.727. The van der Waals surface area contributed by atoms with E-state index in [9.17, 15) is 14.9 Å². The molecule has 0 bridgehead atoms. The number of hydrogen-bond acceptors (Lipinski definition) is 5. The Balaban J connectivity index is 1.67. The molecule has 0 aromatic rings. The maximum atomic E-state index is 14.5. The summed E-state index contributed by atoms with van der Waals surface area (Å²) in [6.45, 7) is 16.1. The number of carbonyl (C=O) groups excluding carboxylic acids is 2. The Morgan fingerprint density at radius 3 is 2.26 bits per heavy atom. The molecule has 7 atom stereocenters. The Morgan fingerprint density at radius 2 is 1.64 bits per heavy atom. The van der Waals surface area contributed by atoms with Gasteiger partial charge in [0.15, 0.2) is 11.6 Å². The average Bonchev–Trinajstić information content (AvgIpc) is 2.86. The summed E-state index contributed by atoms with van der Waals surface area (Å²) in [7, 11) is 0. The molecule has 6 heteroatoms. The highest BCUT2D eigenvalue weighted by Gasteiger charge is 2.69. The number of carbonyl (C=O) groups is 2. The first-order valence-corrected chi connectivity index (χ1v) is 14.8. The highest BCUT2D eigenvalue weighted by atomic mass is 16.1. The first-order valence-electron chi connectivity index (χ1n) is 14.8. The summed E-state index contributed by atoms with van der Waals surface area (Å²) in [5, 5.41) is 25.7. The second-order valence-corrected chi connectivity index (χ2v) is 15.5. The van der Waals surface area contributed by atoms with Gasteiger partial charge in [-0.1, -0.05) is 60.1 Å². The van der Waals surface area contributed by atoms with Gasteiger partial charge >= 0.3 is 0 Å². The van der Waals surface area contributed by atoms with Gasteiger partial charge in [0.1, 0.15) is 6.07 Å². The molecule has 0 heterocycles. The van der Waals surface area contributed by atoms with Crippen molar-refractivity contribution in [3.8, 4) is 6.07 Å². The highest BCUT2D eigenvalue weighted by molar-refractivity contribution is 6.04. The SMILES string of the molecule is CC1(C)CC[C@]2(CN(C=N)C=N)CC[C@]3(C)[C@H](C(=O)C=C4[C@@]5(C)C=C(C#N)C(=O)C(C)(C)C5CC[C@]43C)C2C1. The summed E-state index contributed by atoms with van der Waals surface area (Å²) in [6.07, 6.45) is 13.2. The number of rotatable bonds is 4. The molecule has 39 heavy (non-hydrogen) atoms. The third-order valence-electron chi connectivity index (χ3n) is 12.9. The smallest absolute Gasteiger partial charge is 0.178 e. The molecule has 0 spiro atoms. The molecule has 2 unspecified atom stereocenters. The minimum Gasteiger partial charge on any atom is -0.324 e. The number of nitrogens with zero attached hydrogens (tertiary/aromatic N) is 2. The first kappa shape index (κ1) is 28.0. The predicted molar refractivity (Wildman–Crippen MR) is 153 cm³/mol. The van der Waals surface area contributed by atoms with Crippen molar-refractivity contribution in [1.82, 2.24) is 4.90 Å². The molecule has 2 N–H and O–H groups in total. The molecule has 210 valence electrons. The van der Waals surface area contributed by atoms with Crippen LogP contribution in [-0.4, -0.2) is 35.7 Å². The van der Waals surface area contributed by atoms with Crippen LogP contribution in [0, 0.1) is 72.4 Å². The fourth-order valence-corrected chi connectivity index (χ4v) is 10.5. The van der Waals surface area contributed by atoms with Gasteiger partial charge in [-0.3, -0.25) is 20.4 Å². The Morgan fingerprint density at radius 1 is 1.00 bits per heavy atom. The number of hydrogen-bond donors (Lipinski definition) is 2. The lowest BCUT2D eigenvalue weighted by molar-refractivity contribution is -0.171. The molecule has 0 aromatic heterocycles. The number of nitrogens with one attached hydrogen (secondary N) is 2. The molecule has 0 amide bonds. The summed E-state index contributed by atoms with van der Waals surface area (Å²) >= 11 is 0. The van der Waals surface area contributed by atoms with Crippen LogP contribution in [0.3, 0.4) is 0 Å². The molecule has 3 fully saturated rings. The summed E-state index contributed by atoms with van der Waals surface area (Å²) in [5.41, 5.74) is -0.228. The minimum atomic E-state index is -0.657. The van der Waals surface area contributed by atoms with Gasteiger partial charge in [-0.2, -0.15) is 5.26 Å². The minimum absolute atomic E-state index is 0.0481. The van der Waals surface area contributed by atoms with Crippen LogP contribution < -0.4 is 0 Å². The molecule has 0 aliphatic heterocycles. The van der Waals surface area contributed by atoms with E-state index in [1.807, 2.05) is 26.0 Å². The normalized spacial score (nSPS) is 43.8. The lowest BCUT2D eigenvalue weighted by Gasteiger charge is -2.69. The van der Waals surface area contributed by atoms with E-state index in [1.54, 1.807) is 4.90 Å². The Kier molecular flexibility index (Phi) is 6.09. The van der Waals surface area contributed by atoms with Crippen LogP contribution in [0.25, 0.3) is 0 Å². The van der Waals surface area contributed by atoms with Crippen LogP contribution in [-0.2, 0) is 9.59 Å². The first-order chi connectivity index (χ1) is 18.0. The average molecular weight is 531 g/mol. The third kappa shape index (κ3) is 3.57. The number of Topliss-reactive ketones (excluding diaryl/α,β-unsaturated/α-hetero) is 1. The van der Waals surface area contributed by atoms with Crippen molar-refractivity contribution in [2.24, 2.45) is 50.2 Å². The molecule has 5 rings (SSSR count). The predicted octanol–water partition coefficient (Wildman–Crippen LogP) is 6.72. The van der Waals surface area contributed by atoms with Crippen molar-refractivity contribution in [2.75, 3.05) is 6.54 Å². The number of fused-ring (bicyclic) bond motifs is 7. The molecule has 3 saturated carbocycles. The topological polar surface area (TPSA) is 109 Å². The van der Waals surface area contributed by atoms with Crippen LogP contribution in [0.15, 0.2) is 23.3 Å². The van der Waals surface area contributed by atoms with E-state index in [-0.39, 0.29) is 56.6 Å². The summed E-state index contributed by atoms with van der Waals surface area (Å²) in [6, 6.07) is 2.19. The van der Waals surface area contributed by atoms with E-state index in [0.717, 1.165) is 50.5 Å². The number of nitriles is 1. The molecule has 0 saturated heterocycles. The molecule has 0 aromatic carbocycles. The van der Waals surface area contributed by atoms with Crippen molar-refractivity contribution in [1.29, 1.82) is 16.1 Å².